The number of guanidine groups is 1. The Labute approximate surface area is 192 Å². The van der Waals surface area contributed by atoms with Crippen LogP contribution in [0.3, 0.4) is 0 Å². The molecule has 1 saturated heterocycles. The fraction of sp³-hybridized carbons (Fsp3) is 0.667. The van der Waals surface area contributed by atoms with Crippen molar-refractivity contribution in [3.8, 4) is 0 Å². The number of halogens is 1. The number of piperazine rings is 1. The van der Waals surface area contributed by atoms with E-state index in [0.717, 1.165) is 25.6 Å². The van der Waals surface area contributed by atoms with Crippen LogP contribution in [0.1, 0.15) is 19.8 Å². The van der Waals surface area contributed by atoms with Crippen molar-refractivity contribution in [2.24, 2.45) is 10.9 Å². The summed E-state index contributed by atoms with van der Waals surface area (Å²) in [6, 6.07) is 10.7. The first-order chi connectivity index (χ1) is 13.1. The summed E-state index contributed by atoms with van der Waals surface area (Å²) in [7, 11) is 4.07. The van der Waals surface area contributed by atoms with Gasteiger partial charge in [-0.3, -0.25) is 4.99 Å². The zero-order valence-electron chi connectivity index (χ0n) is 17.5. The van der Waals surface area contributed by atoms with Crippen LogP contribution in [0.25, 0.3) is 0 Å². The molecule has 0 radical (unpaired) electrons. The van der Waals surface area contributed by atoms with Gasteiger partial charge in [0, 0.05) is 62.5 Å². The molecular weight excluding hydrogens is 481 g/mol. The fourth-order valence-electron chi connectivity index (χ4n) is 3.46. The van der Waals surface area contributed by atoms with Gasteiger partial charge in [0.25, 0.3) is 0 Å². The highest BCUT2D eigenvalue weighted by Crippen LogP contribution is 2.51. The predicted molar refractivity (Wildman–Crippen MR) is 132 cm³/mol. The molecule has 2 fully saturated rings. The Kier molecular flexibility index (Phi) is 9.86. The van der Waals surface area contributed by atoms with Gasteiger partial charge in [-0.05, 0) is 37.9 Å². The summed E-state index contributed by atoms with van der Waals surface area (Å²) in [5, 5.41) is 7.08. The molecule has 0 bridgehead atoms. The standard InChI is InChI=1S/C21H35N5S.HI/c1-18(16-26-13-11-25(3)12-14-26)15-23-20(22-2)24-17-21(9-10-21)27-19-7-5-4-6-8-19;/h4-8,18H,9-17H2,1-3H3,(H2,22,23,24);1H. The molecule has 1 heterocycles. The topological polar surface area (TPSA) is 42.9 Å². The lowest BCUT2D eigenvalue weighted by Gasteiger charge is -2.34. The number of rotatable bonds is 8. The van der Waals surface area contributed by atoms with Crippen LogP contribution in [0.2, 0.25) is 0 Å². The van der Waals surface area contributed by atoms with Gasteiger partial charge in [0.2, 0.25) is 0 Å². The number of nitrogens with zero attached hydrogens (tertiary/aromatic N) is 3. The Hall–Kier alpha value is -0.510. The molecule has 1 aromatic carbocycles. The van der Waals surface area contributed by atoms with Crippen LogP contribution in [0.15, 0.2) is 40.2 Å². The van der Waals surface area contributed by atoms with E-state index >= 15 is 0 Å². The minimum atomic E-state index is 0. The molecule has 1 saturated carbocycles. The number of nitrogens with one attached hydrogen (secondary N) is 2. The third kappa shape index (κ3) is 7.72. The first kappa shape index (κ1) is 23.8. The lowest BCUT2D eigenvalue weighted by Crippen LogP contribution is -2.48. The number of aliphatic imine (C=N–C) groups is 1. The van der Waals surface area contributed by atoms with Crippen molar-refractivity contribution in [1.29, 1.82) is 0 Å². The van der Waals surface area contributed by atoms with Gasteiger partial charge < -0.3 is 20.4 Å². The van der Waals surface area contributed by atoms with E-state index in [1.807, 2.05) is 18.8 Å². The summed E-state index contributed by atoms with van der Waals surface area (Å²) in [4.78, 5) is 10.8. The Bertz CT molecular complexity index is 600. The predicted octanol–water partition coefficient (Wildman–Crippen LogP) is 2.98. The van der Waals surface area contributed by atoms with Crippen molar-refractivity contribution >= 4 is 41.7 Å². The lowest BCUT2D eigenvalue weighted by atomic mass is 10.1. The second-order valence-electron chi connectivity index (χ2n) is 8.11. The first-order valence-electron chi connectivity index (χ1n) is 10.2. The lowest BCUT2D eigenvalue weighted by molar-refractivity contribution is 0.139. The third-order valence-electron chi connectivity index (χ3n) is 5.47. The second kappa shape index (κ2) is 11.6. The van der Waals surface area contributed by atoms with E-state index in [2.05, 4.69) is 69.7 Å². The molecule has 1 unspecified atom stereocenters. The maximum absolute atomic E-state index is 4.42. The average molecular weight is 518 g/mol. The zero-order valence-corrected chi connectivity index (χ0v) is 20.6. The molecule has 28 heavy (non-hydrogen) atoms. The fourth-order valence-corrected chi connectivity index (χ4v) is 4.71. The molecule has 2 N–H and O–H groups in total. The average Bonchev–Trinajstić information content (AvgIpc) is 3.44. The maximum atomic E-state index is 4.42. The van der Waals surface area contributed by atoms with E-state index in [1.54, 1.807) is 0 Å². The molecule has 1 aliphatic carbocycles. The summed E-state index contributed by atoms with van der Waals surface area (Å²) in [5.74, 6) is 1.54. The van der Waals surface area contributed by atoms with Crippen molar-refractivity contribution in [3.63, 3.8) is 0 Å². The summed E-state index contributed by atoms with van der Waals surface area (Å²) in [6.07, 6.45) is 2.55. The van der Waals surface area contributed by atoms with Gasteiger partial charge >= 0.3 is 0 Å². The maximum Gasteiger partial charge on any atom is 0.191 e. The van der Waals surface area contributed by atoms with Gasteiger partial charge in [0.15, 0.2) is 5.96 Å². The molecule has 3 rings (SSSR count). The van der Waals surface area contributed by atoms with E-state index in [0.29, 0.717) is 10.7 Å². The van der Waals surface area contributed by atoms with Gasteiger partial charge in [-0.25, -0.2) is 0 Å². The summed E-state index contributed by atoms with van der Waals surface area (Å²) in [5.41, 5.74) is 0. The molecule has 5 nitrogen and oxygen atoms in total. The van der Waals surface area contributed by atoms with Crippen LogP contribution < -0.4 is 10.6 Å². The van der Waals surface area contributed by atoms with Gasteiger partial charge in [-0.2, -0.15) is 0 Å². The Morgan fingerprint density at radius 2 is 1.82 bits per heavy atom. The van der Waals surface area contributed by atoms with E-state index in [4.69, 9.17) is 0 Å². The van der Waals surface area contributed by atoms with Gasteiger partial charge in [-0.1, -0.05) is 25.1 Å². The molecule has 2 aliphatic rings. The van der Waals surface area contributed by atoms with Crippen molar-refractivity contribution in [1.82, 2.24) is 20.4 Å². The Morgan fingerprint density at radius 1 is 1.14 bits per heavy atom. The van der Waals surface area contributed by atoms with E-state index in [-0.39, 0.29) is 24.0 Å². The Morgan fingerprint density at radius 3 is 2.43 bits per heavy atom. The van der Waals surface area contributed by atoms with Crippen LogP contribution in [0.4, 0.5) is 0 Å². The summed E-state index contributed by atoms with van der Waals surface area (Å²) < 4.78 is 0.338. The molecule has 0 amide bonds. The molecule has 1 atom stereocenters. The van der Waals surface area contributed by atoms with Crippen molar-refractivity contribution in [2.75, 3.05) is 59.9 Å². The molecule has 1 aromatic rings. The minimum absolute atomic E-state index is 0. The molecule has 7 heteroatoms. The van der Waals surface area contributed by atoms with Gasteiger partial charge in [-0.15, -0.1) is 35.7 Å². The SMILES string of the molecule is CN=C(NCC(C)CN1CCN(C)CC1)NCC1(Sc2ccccc2)CC1.I. The third-order valence-corrected chi connectivity index (χ3v) is 6.96. The van der Waals surface area contributed by atoms with Crippen LogP contribution >= 0.6 is 35.7 Å². The zero-order chi connectivity index (χ0) is 19.1. The molecule has 1 aliphatic heterocycles. The van der Waals surface area contributed by atoms with Crippen LogP contribution in [0.5, 0.6) is 0 Å². The van der Waals surface area contributed by atoms with E-state index < -0.39 is 0 Å². The van der Waals surface area contributed by atoms with E-state index in [9.17, 15) is 0 Å². The summed E-state index contributed by atoms with van der Waals surface area (Å²) >= 11 is 2.00. The molecule has 0 spiro atoms. The molecular formula is C21H36IN5S. The van der Waals surface area contributed by atoms with Gasteiger partial charge in [0.05, 0.1) is 0 Å². The first-order valence-corrected chi connectivity index (χ1v) is 11.0. The van der Waals surface area contributed by atoms with Crippen molar-refractivity contribution < 1.29 is 0 Å². The Balaban J connectivity index is 0.00000280. The quantitative estimate of drug-likeness (QED) is 0.316. The number of hydrogen-bond acceptors (Lipinski definition) is 4. The second-order valence-corrected chi connectivity index (χ2v) is 9.66. The van der Waals surface area contributed by atoms with Crippen LogP contribution in [-0.4, -0.2) is 80.4 Å². The smallest absolute Gasteiger partial charge is 0.191 e. The molecule has 0 aromatic heterocycles. The largest absolute Gasteiger partial charge is 0.356 e. The van der Waals surface area contributed by atoms with Gasteiger partial charge in [0.1, 0.15) is 0 Å². The van der Waals surface area contributed by atoms with Crippen LogP contribution in [-0.2, 0) is 0 Å². The van der Waals surface area contributed by atoms with Crippen LogP contribution in [0, 0.1) is 5.92 Å². The highest BCUT2D eigenvalue weighted by molar-refractivity contribution is 14.0. The molecule has 158 valence electrons. The monoisotopic (exact) mass is 517 g/mol. The van der Waals surface area contributed by atoms with E-state index in [1.165, 1.54) is 43.9 Å². The number of benzene rings is 1. The summed E-state index contributed by atoms with van der Waals surface area (Å²) in [6.45, 7) is 10.2. The highest BCUT2D eigenvalue weighted by Gasteiger charge is 2.43. The highest BCUT2D eigenvalue weighted by atomic mass is 127. The number of hydrogen-bond donors (Lipinski definition) is 2. The van der Waals surface area contributed by atoms with Crippen molar-refractivity contribution in [2.45, 2.75) is 29.4 Å². The number of thioether (sulfide) groups is 1. The minimum Gasteiger partial charge on any atom is -0.356 e. The normalized spacial score (nSPS) is 20.9. The van der Waals surface area contributed by atoms with Crippen molar-refractivity contribution in [3.05, 3.63) is 30.3 Å². The number of likely N-dealkylation sites (N-methyl/N-ethyl adjacent to an activating group) is 1.